The summed E-state index contributed by atoms with van der Waals surface area (Å²) in [5.41, 5.74) is 5.24. The molecular formula is C16H14FN3O5. The molecule has 0 bridgehead atoms. The van der Waals surface area contributed by atoms with Gasteiger partial charge in [0.05, 0.1) is 38.1 Å². The molecule has 1 aromatic heterocycles. The Bertz CT molecular complexity index is 898. The number of hydrogen-bond donors (Lipinski definition) is 1. The topological polar surface area (TPSA) is 117 Å². The van der Waals surface area contributed by atoms with Crippen molar-refractivity contribution in [1.82, 2.24) is 4.57 Å². The second-order valence-corrected chi connectivity index (χ2v) is 4.77. The average Bonchev–Trinajstić information content (AvgIpc) is 2.95. The molecule has 0 saturated heterocycles. The van der Waals surface area contributed by atoms with Crippen LogP contribution in [0.15, 0.2) is 18.3 Å². The Labute approximate surface area is 142 Å². The highest BCUT2D eigenvalue weighted by atomic mass is 19.1. The number of nitrogens with zero attached hydrogens (tertiary/aromatic N) is 2. The number of nitrogen functional groups attached to an aromatic ring is 1. The van der Waals surface area contributed by atoms with Crippen LogP contribution in [0.5, 0.6) is 5.75 Å². The van der Waals surface area contributed by atoms with Gasteiger partial charge in [0.2, 0.25) is 0 Å². The Kier molecular flexibility index (Phi) is 4.93. The van der Waals surface area contributed by atoms with Crippen molar-refractivity contribution in [3.63, 3.8) is 0 Å². The van der Waals surface area contributed by atoms with Crippen LogP contribution >= 0.6 is 0 Å². The Morgan fingerprint density at radius 3 is 2.36 bits per heavy atom. The van der Waals surface area contributed by atoms with Crippen molar-refractivity contribution in [1.29, 1.82) is 5.26 Å². The van der Waals surface area contributed by atoms with Gasteiger partial charge in [0.25, 0.3) is 0 Å². The van der Waals surface area contributed by atoms with Gasteiger partial charge in [-0.05, 0) is 6.07 Å². The maximum Gasteiger partial charge on any atom is 0.357 e. The molecule has 9 heteroatoms. The van der Waals surface area contributed by atoms with Crippen molar-refractivity contribution in [2.24, 2.45) is 0 Å². The molecule has 2 rings (SSSR count). The van der Waals surface area contributed by atoms with E-state index in [9.17, 15) is 19.2 Å². The quantitative estimate of drug-likeness (QED) is 0.836. The predicted molar refractivity (Wildman–Crippen MR) is 84.1 cm³/mol. The first-order valence-electron chi connectivity index (χ1n) is 6.85. The van der Waals surface area contributed by atoms with Gasteiger partial charge >= 0.3 is 11.9 Å². The second kappa shape index (κ2) is 6.92. The number of rotatable bonds is 4. The monoisotopic (exact) mass is 347 g/mol. The third-order valence-corrected chi connectivity index (χ3v) is 3.45. The first-order chi connectivity index (χ1) is 11.9. The second-order valence-electron chi connectivity index (χ2n) is 4.77. The molecule has 25 heavy (non-hydrogen) atoms. The van der Waals surface area contributed by atoms with Gasteiger partial charge in [0.1, 0.15) is 23.3 Å². The van der Waals surface area contributed by atoms with Gasteiger partial charge in [-0.3, -0.25) is 0 Å². The van der Waals surface area contributed by atoms with Crippen molar-refractivity contribution in [2.75, 3.05) is 27.1 Å². The molecule has 0 saturated carbocycles. The van der Waals surface area contributed by atoms with Gasteiger partial charge in [-0.15, -0.1) is 0 Å². The van der Waals surface area contributed by atoms with E-state index in [1.54, 1.807) is 0 Å². The Morgan fingerprint density at radius 1 is 1.20 bits per heavy atom. The zero-order valence-corrected chi connectivity index (χ0v) is 13.6. The molecule has 1 aromatic carbocycles. The van der Waals surface area contributed by atoms with Crippen LogP contribution in [-0.4, -0.2) is 37.8 Å². The lowest BCUT2D eigenvalue weighted by atomic mass is 10.1. The van der Waals surface area contributed by atoms with E-state index >= 15 is 0 Å². The Balaban J connectivity index is 2.94. The fourth-order valence-corrected chi connectivity index (χ4v) is 2.33. The number of anilines is 1. The normalized spacial score (nSPS) is 10.0. The number of nitriles is 1. The molecule has 2 N–H and O–H groups in total. The summed E-state index contributed by atoms with van der Waals surface area (Å²) in [6.45, 7) is 0. The maximum absolute atomic E-state index is 13.8. The molecule has 0 fully saturated rings. The molecule has 0 atom stereocenters. The van der Waals surface area contributed by atoms with E-state index < -0.39 is 17.8 Å². The fourth-order valence-electron chi connectivity index (χ4n) is 2.33. The Morgan fingerprint density at radius 2 is 1.84 bits per heavy atom. The van der Waals surface area contributed by atoms with Gasteiger partial charge in [0.15, 0.2) is 5.69 Å². The van der Waals surface area contributed by atoms with Gasteiger partial charge in [-0.2, -0.15) is 5.26 Å². The van der Waals surface area contributed by atoms with Gasteiger partial charge in [0, 0.05) is 12.3 Å². The van der Waals surface area contributed by atoms with Crippen LogP contribution in [-0.2, 0) is 9.47 Å². The van der Waals surface area contributed by atoms with Crippen molar-refractivity contribution in [2.45, 2.75) is 0 Å². The summed E-state index contributed by atoms with van der Waals surface area (Å²) in [6.07, 6.45) is 1.23. The zero-order valence-electron chi connectivity index (χ0n) is 13.6. The molecule has 130 valence electrons. The van der Waals surface area contributed by atoms with E-state index in [-0.39, 0.29) is 33.9 Å². The Hall–Kier alpha value is -3.54. The van der Waals surface area contributed by atoms with E-state index in [0.717, 1.165) is 30.9 Å². The van der Waals surface area contributed by atoms with Crippen LogP contribution in [0.1, 0.15) is 26.4 Å². The number of hydrogen-bond acceptors (Lipinski definition) is 7. The van der Waals surface area contributed by atoms with E-state index in [1.165, 1.54) is 13.3 Å². The molecule has 0 aliphatic rings. The lowest BCUT2D eigenvalue weighted by Gasteiger charge is -2.16. The number of nitrogens with two attached hydrogens (primary N) is 1. The zero-order chi connectivity index (χ0) is 18.7. The van der Waals surface area contributed by atoms with Gasteiger partial charge in [-0.25, -0.2) is 14.0 Å². The molecule has 0 aliphatic carbocycles. The number of halogens is 1. The summed E-state index contributed by atoms with van der Waals surface area (Å²) in [5.74, 6) is -2.53. The molecular weight excluding hydrogens is 333 g/mol. The van der Waals surface area contributed by atoms with Gasteiger partial charge < -0.3 is 24.5 Å². The summed E-state index contributed by atoms with van der Waals surface area (Å²) < 4.78 is 29.4. The first kappa shape index (κ1) is 17.8. The van der Waals surface area contributed by atoms with Crippen molar-refractivity contribution < 1.29 is 28.2 Å². The van der Waals surface area contributed by atoms with Crippen LogP contribution in [0.2, 0.25) is 0 Å². The van der Waals surface area contributed by atoms with E-state index in [4.69, 9.17) is 10.5 Å². The van der Waals surface area contributed by atoms with Crippen LogP contribution in [0.25, 0.3) is 5.69 Å². The fraction of sp³-hybridized carbons (Fsp3) is 0.188. The highest BCUT2D eigenvalue weighted by Crippen LogP contribution is 2.33. The standard InChI is InChI=1S/C16H14FN3O5/c1-23-11-5-9(17)4-10(15(21)24-2)13(11)20-7-8(6-18)12(19)14(20)16(22)25-3/h4-5,7H,19H2,1-3H3. The number of benzene rings is 1. The number of carbonyl (C=O) groups is 2. The molecule has 0 amide bonds. The third kappa shape index (κ3) is 2.97. The van der Waals surface area contributed by atoms with Crippen LogP contribution in [0, 0.1) is 17.1 Å². The molecule has 1 heterocycles. The largest absolute Gasteiger partial charge is 0.494 e. The maximum atomic E-state index is 13.8. The summed E-state index contributed by atoms with van der Waals surface area (Å²) in [6, 6.07) is 3.77. The average molecular weight is 347 g/mol. The summed E-state index contributed by atoms with van der Waals surface area (Å²) >= 11 is 0. The highest BCUT2D eigenvalue weighted by Gasteiger charge is 2.27. The number of methoxy groups -OCH3 is 3. The van der Waals surface area contributed by atoms with Crippen LogP contribution in [0.3, 0.4) is 0 Å². The summed E-state index contributed by atoms with van der Waals surface area (Å²) in [4.78, 5) is 24.2. The molecule has 2 aromatic rings. The van der Waals surface area contributed by atoms with E-state index in [2.05, 4.69) is 9.47 Å². The number of ether oxygens (including phenoxy) is 3. The van der Waals surface area contributed by atoms with Crippen molar-refractivity contribution >= 4 is 17.6 Å². The minimum Gasteiger partial charge on any atom is -0.494 e. The van der Waals surface area contributed by atoms with Gasteiger partial charge in [-0.1, -0.05) is 0 Å². The molecule has 0 radical (unpaired) electrons. The summed E-state index contributed by atoms with van der Waals surface area (Å²) in [7, 11) is 3.51. The summed E-state index contributed by atoms with van der Waals surface area (Å²) in [5, 5.41) is 9.17. The minimum atomic E-state index is -0.866. The number of aromatic nitrogens is 1. The smallest absolute Gasteiger partial charge is 0.357 e. The first-order valence-corrected chi connectivity index (χ1v) is 6.85. The molecule has 0 unspecified atom stereocenters. The lowest BCUT2D eigenvalue weighted by molar-refractivity contribution is 0.0581. The SMILES string of the molecule is COC(=O)c1cc(F)cc(OC)c1-n1cc(C#N)c(N)c1C(=O)OC. The van der Waals surface area contributed by atoms with Crippen LogP contribution < -0.4 is 10.5 Å². The van der Waals surface area contributed by atoms with Crippen molar-refractivity contribution in [3.8, 4) is 17.5 Å². The van der Waals surface area contributed by atoms with Crippen molar-refractivity contribution in [3.05, 3.63) is 41.0 Å². The number of carbonyl (C=O) groups excluding carboxylic acids is 2. The highest BCUT2D eigenvalue weighted by molar-refractivity contribution is 5.99. The predicted octanol–water partition coefficient (Wildman–Crippen LogP) is 1.65. The van der Waals surface area contributed by atoms with E-state index in [1.807, 2.05) is 6.07 Å². The molecule has 0 aliphatic heterocycles. The van der Waals surface area contributed by atoms with E-state index in [0.29, 0.717) is 0 Å². The number of esters is 2. The molecule has 8 nitrogen and oxygen atoms in total. The van der Waals surface area contributed by atoms with Crippen LogP contribution in [0.4, 0.5) is 10.1 Å². The lowest BCUT2D eigenvalue weighted by Crippen LogP contribution is -2.15. The molecule has 0 spiro atoms. The minimum absolute atomic E-state index is 0.00986. The third-order valence-electron chi connectivity index (χ3n) is 3.45.